The number of methoxy groups -OCH3 is 1. The third-order valence-electron chi connectivity index (χ3n) is 5.26. The van der Waals surface area contributed by atoms with Crippen LogP contribution in [0.25, 0.3) is 0 Å². The van der Waals surface area contributed by atoms with E-state index in [0.717, 1.165) is 59.1 Å². The van der Waals surface area contributed by atoms with Crippen molar-refractivity contribution in [1.29, 1.82) is 0 Å². The Balaban J connectivity index is 0.000000383. The van der Waals surface area contributed by atoms with Gasteiger partial charge in [0.1, 0.15) is 0 Å². The van der Waals surface area contributed by atoms with E-state index in [9.17, 15) is 26.3 Å². The molecule has 0 radical (unpaired) electrons. The molecule has 3 heterocycles. The highest BCUT2D eigenvalue weighted by atomic mass is 19.4. The average Bonchev–Trinajstić information content (AvgIpc) is 3.07. The molecule has 1 unspecified atom stereocenters. The van der Waals surface area contributed by atoms with Gasteiger partial charge in [-0.1, -0.05) is 6.07 Å². The van der Waals surface area contributed by atoms with E-state index in [1.54, 1.807) is 7.11 Å². The summed E-state index contributed by atoms with van der Waals surface area (Å²) in [7, 11) is 1.77. The number of aliphatic carboxylic acids is 2. The van der Waals surface area contributed by atoms with E-state index in [-0.39, 0.29) is 5.41 Å². The molecule has 15 heteroatoms. The highest BCUT2D eigenvalue weighted by molar-refractivity contribution is 5.73. The zero-order valence-corrected chi connectivity index (χ0v) is 19.5. The number of carboxylic acids is 2. The lowest BCUT2D eigenvalue weighted by Gasteiger charge is -2.32. The number of carbonyl (C=O) groups is 2. The van der Waals surface area contributed by atoms with Gasteiger partial charge in [-0.15, -0.1) is 0 Å². The van der Waals surface area contributed by atoms with Gasteiger partial charge in [0, 0.05) is 57.6 Å². The van der Waals surface area contributed by atoms with Gasteiger partial charge in [0.25, 0.3) is 0 Å². The quantitative estimate of drug-likeness (QED) is 0.552. The minimum Gasteiger partial charge on any atom is -0.475 e. The van der Waals surface area contributed by atoms with Crippen molar-refractivity contribution in [3.63, 3.8) is 0 Å². The summed E-state index contributed by atoms with van der Waals surface area (Å²) in [4.78, 5) is 27.1. The summed E-state index contributed by atoms with van der Waals surface area (Å²) in [6.45, 7) is 8.95. The van der Waals surface area contributed by atoms with Crippen LogP contribution in [0, 0.1) is 5.41 Å². The second-order valence-corrected chi connectivity index (χ2v) is 8.25. The van der Waals surface area contributed by atoms with Crippen molar-refractivity contribution in [3.8, 4) is 0 Å². The second kappa shape index (κ2) is 14.3. The first-order valence-corrected chi connectivity index (χ1v) is 10.7. The molecular formula is C21H29F6N3O6. The summed E-state index contributed by atoms with van der Waals surface area (Å²) in [5, 5.41) is 14.2. The Kier molecular flexibility index (Phi) is 12.5. The Bertz CT molecular complexity index is 788. The Labute approximate surface area is 203 Å². The molecule has 0 amide bonds. The molecule has 1 atom stereocenters. The van der Waals surface area contributed by atoms with Gasteiger partial charge in [0.05, 0.1) is 19.8 Å². The van der Waals surface area contributed by atoms with Gasteiger partial charge in [-0.05, 0) is 24.6 Å². The maximum absolute atomic E-state index is 10.6. The van der Waals surface area contributed by atoms with Crippen LogP contribution >= 0.6 is 0 Å². The lowest BCUT2D eigenvalue weighted by molar-refractivity contribution is -0.193. The normalized spacial score (nSPS) is 21.1. The smallest absolute Gasteiger partial charge is 0.475 e. The molecule has 1 aromatic rings. The molecule has 1 aromatic heterocycles. The first-order chi connectivity index (χ1) is 16.7. The van der Waals surface area contributed by atoms with Crippen molar-refractivity contribution in [3.05, 3.63) is 30.1 Å². The average molecular weight is 533 g/mol. The molecule has 9 nitrogen and oxygen atoms in total. The molecule has 2 saturated heterocycles. The van der Waals surface area contributed by atoms with E-state index < -0.39 is 24.3 Å². The molecule has 2 aliphatic rings. The number of pyridine rings is 1. The van der Waals surface area contributed by atoms with Gasteiger partial charge in [0.2, 0.25) is 0 Å². The standard InChI is InChI=1S/C17H27N3O2.2C2HF3O2/c1-21-9-7-19-6-4-17(13-19)14-20(8-10-22-15-17)12-16-3-2-5-18-11-16;2*3-2(4,5)1(6)7/h2-3,5,11H,4,6-10,12-15H2,1H3;2*(H,6,7). The van der Waals surface area contributed by atoms with Crippen LogP contribution in [0.4, 0.5) is 26.3 Å². The fourth-order valence-electron chi connectivity index (χ4n) is 3.65. The molecule has 2 aliphatic heterocycles. The minimum absolute atomic E-state index is 0.284. The zero-order chi connectivity index (χ0) is 27.4. The van der Waals surface area contributed by atoms with Gasteiger partial charge in [-0.3, -0.25) is 9.88 Å². The van der Waals surface area contributed by atoms with E-state index in [2.05, 4.69) is 20.9 Å². The van der Waals surface area contributed by atoms with Crippen molar-refractivity contribution < 1.29 is 55.6 Å². The predicted octanol–water partition coefficient (Wildman–Crippen LogP) is 2.52. The number of alkyl halides is 6. The van der Waals surface area contributed by atoms with Crippen molar-refractivity contribution >= 4 is 11.9 Å². The van der Waals surface area contributed by atoms with Crippen LogP contribution in [0.5, 0.6) is 0 Å². The van der Waals surface area contributed by atoms with Gasteiger partial charge >= 0.3 is 24.3 Å². The highest BCUT2D eigenvalue weighted by Crippen LogP contribution is 2.33. The molecule has 0 bridgehead atoms. The Hall–Kier alpha value is -2.49. The van der Waals surface area contributed by atoms with Crippen LogP contribution in [0.2, 0.25) is 0 Å². The lowest BCUT2D eigenvalue weighted by atomic mass is 9.87. The molecule has 0 saturated carbocycles. The fraction of sp³-hybridized carbons (Fsp3) is 0.667. The first kappa shape index (κ1) is 31.5. The van der Waals surface area contributed by atoms with Crippen LogP contribution in [0.15, 0.2) is 24.5 Å². The summed E-state index contributed by atoms with van der Waals surface area (Å²) in [5.41, 5.74) is 1.57. The van der Waals surface area contributed by atoms with E-state index >= 15 is 0 Å². The van der Waals surface area contributed by atoms with E-state index in [1.807, 2.05) is 18.5 Å². The second-order valence-electron chi connectivity index (χ2n) is 8.25. The maximum Gasteiger partial charge on any atom is 0.490 e. The van der Waals surface area contributed by atoms with Gasteiger partial charge in [-0.2, -0.15) is 26.3 Å². The summed E-state index contributed by atoms with van der Waals surface area (Å²) < 4.78 is 74.6. The van der Waals surface area contributed by atoms with E-state index in [0.29, 0.717) is 0 Å². The summed E-state index contributed by atoms with van der Waals surface area (Å²) in [5.74, 6) is -5.51. The molecule has 206 valence electrons. The summed E-state index contributed by atoms with van der Waals surface area (Å²) >= 11 is 0. The number of hydrogen-bond acceptors (Lipinski definition) is 7. The molecule has 36 heavy (non-hydrogen) atoms. The minimum atomic E-state index is -5.08. The number of nitrogens with zero attached hydrogens (tertiary/aromatic N) is 3. The van der Waals surface area contributed by atoms with Crippen molar-refractivity contribution in [2.24, 2.45) is 5.41 Å². The maximum atomic E-state index is 10.6. The van der Waals surface area contributed by atoms with Gasteiger partial charge in [0.15, 0.2) is 0 Å². The third-order valence-corrected chi connectivity index (χ3v) is 5.26. The molecule has 1 spiro atoms. The SMILES string of the molecule is COCCN1CCC2(COCCN(Cc3cccnc3)C2)C1.O=C(O)C(F)(F)F.O=C(O)C(F)(F)F. The molecule has 2 N–H and O–H groups in total. The molecule has 2 fully saturated rings. The lowest BCUT2D eigenvalue weighted by Crippen LogP contribution is -2.40. The van der Waals surface area contributed by atoms with Crippen LogP contribution in [0.3, 0.4) is 0 Å². The summed E-state index contributed by atoms with van der Waals surface area (Å²) in [6.07, 6.45) is -5.14. The van der Waals surface area contributed by atoms with Crippen molar-refractivity contribution in [1.82, 2.24) is 14.8 Å². The van der Waals surface area contributed by atoms with Crippen LogP contribution in [0.1, 0.15) is 12.0 Å². The van der Waals surface area contributed by atoms with Crippen molar-refractivity contribution in [2.75, 3.05) is 59.7 Å². The number of rotatable bonds is 5. The fourth-order valence-corrected chi connectivity index (χ4v) is 3.65. The van der Waals surface area contributed by atoms with E-state index in [4.69, 9.17) is 29.3 Å². The number of likely N-dealkylation sites (tertiary alicyclic amines) is 1. The molecular weight excluding hydrogens is 504 g/mol. The monoisotopic (exact) mass is 533 g/mol. The van der Waals surface area contributed by atoms with E-state index in [1.165, 1.54) is 12.0 Å². The molecule has 3 rings (SSSR count). The summed E-state index contributed by atoms with van der Waals surface area (Å²) in [6, 6.07) is 4.17. The number of carboxylic acid groups (broad SMARTS) is 2. The van der Waals surface area contributed by atoms with Crippen LogP contribution in [-0.2, 0) is 25.6 Å². The number of aromatic nitrogens is 1. The Morgan fingerprint density at radius 2 is 1.67 bits per heavy atom. The molecule has 0 aromatic carbocycles. The zero-order valence-electron chi connectivity index (χ0n) is 19.5. The topological polar surface area (TPSA) is 112 Å². The first-order valence-electron chi connectivity index (χ1n) is 10.7. The Morgan fingerprint density at radius 1 is 1.08 bits per heavy atom. The number of hydrogen-bond donors (Lipinski definition) is 2. The van der Waals surface area contributed by atoms with Crippen LogP contribution < -0.4 is 0 Å². The predicted molar refractivity (Wildman–Crippen MR) is 113 cm³/mol. The highest BCUT2D eigenvalue weighted by Gasteiger charge is 2.41. The van der Waals surface area contributed by atoms with Crippen LogP contribution in [-0.4, -0.2) is 109 Å². The number of halogens is 6. The van der Waals surface area contributed by atoms with Crippen molar-refractivity contribution in [2.45, 2.75) is 25.3 Å². The largest absolute Gasteiger partial charge is 0.490 e. The Morgan fingerprint density at radius 3 is 2.17 bits per heavy atom. The molecule has 0 aliphatic carbocycles. The third kappa shape index (κ3) is 12.0. The van der Waals surface area contributed by atoms with Gasteiger partial charge < -0.3 is 24.6 Å². The van der Waals surface area contributed by atoms with Gasteiger partial charge in [-0.25, -0.2) is 9.59 Å². The number of ether oxygens (including phenoxy) is 2.